The summed E-state index contributed by atoms with van der Waals surface area (Å²) in [7, 11) is 1.62. The number of fused-ring (bicyclic) bond motifs is 1. The molecule has 0 radical (unpaired) electrons. The fraction of sp³-hybridized carbons (Fsp3) is 0.182. The molecule has 1 aromatic heterocycles. The van der Waals surface area contributed by atoms with E-state index >= 15 is 0 Å². The van der Waals surface area contributed by atoms with Crippen LogP contribution in [-0.2, 0) is 4.79 Å². The van der Waals surface area contributed by atoms with Gasteiger partial charge in [0, 0.05) is 18.4 Å². The molecule has 2 aromatic carbocycles. The van der Waals surface area contributed by atoms with Crippen molar-refractivity contribution in [2.75, 3.05) is 19.0 Å². The molecule has 1 aliphatic rings. The highest BCUT2D eigenvalue weighted by atomic mass is 16.5. The summed E-state index contributed by atoms with van der Waals surface area (Å²) in [6.07, 6.45) is 7.29. The third-order valence-electron chi connectivity index (χ3n) is 4.71. The van der Waals surface area contributed by atoms with Crippen LogP contribution in [0, 0.1) is 12.3 Å². The van der Waals surface area contributed by atoms with Crippen molar-refractivity contribution < 1.29 is 14.3 Å². The molecule has 140 valence electrons. The van der Waals surface area contributed by atoms with Crippen molar-refractivity contribution in [1.82, 2.24) is 9.55 Å². The van der Waals surface area contributed by atoms with Gasteiger partial charge in [-0.3, -0.25) is 9.36 Å². The monoisotopic (exact) mass is 373 g/mol. The molecule has 0 saturated carbocycles. The standard InChI is InChI=1S/C22H19N3O3/c1-3-11-28-17-9-7-15(8-10-17)19-13-20(26)24-22-21(19)23-14-25(22)16-5-4-6-18(12-16)27-2/h1,4-10,12,14,19H,11,13H2,2H3,(H,24,26)/t19-/m1/s1. The van der Waals surface area contributed by atoms with Crippen molar-refractivity contribution in [3.63, 3.8) is 0 Å². The second kappa shape index (κ2) is 7.49. The maximum Gasteiger partial charge on any atom is 0.226 e. The number of ether oxygens (including phenoxy) is 2. The third kappa shape index (κ3) is 3.30. The van der Waals surface area contributed by atoms with Crippen LogP contribution in [-0.4, -0.2) is 29.2 Å². The normalized spacial score (nSPS) is 15.3. The molecule has 3 aromatic rings. The summed E-state index contributed by atoms with van der Waals surface area (Å²) in [4.78, 5) is 17.0. The molecule has 1 N–H and O–H groups in total. The Kier molecular flexibility index (Phi) is 4.73. The molecule has 0 fully saturated rings. The first-order valence-corrected chi connectivity index (χ1v) is 8.87. The summed E-state index contributed by atoms with van der Waals surface area (Å²) in [5, 5.41) is 2.96. The quantitative estimate of drug-likeness (QED) is 0.697. The largest absolute Gasteiger partial charge is 0.497 e. The van der Waals surface area contributed by atoms with Crippen molar-refractivity contribution in [1.29, 1.82) is 0 Å². The van der Waals surface area contributed by atoms with E-state index in [1.165, 1.54) is 0 Å². The van der Waals surface area contributed by atoms with Gasteiger partial charge in [0.1, 0.15) is 30.3 Å². The number of carbonyl (C=O) groups is 1. The van der Waals surface area contributed by atoms with Crippen LogP contribution in [0.25, 0.3) is 5.69 Å². The van der Waals surface area contributed by atoms with E-state index < -0.39 is 0 Å². The van der Waals surface area contributed by atoms with Crippen LogP contribution in [0.1, 0.15) is 23.6 Å². The molecular weight excluding hydrogens is 354 g/mol. The molecular formula is C22H19N3O3. The second-order valence-corrected chi connectivity index (χ2v) is 6.42. The van der Waals surface area contributed by atoms with Crippen molar-refractivity contribution in [2.24, 2.45) is 0 Å². The molecule has 0 bridgehead atoms. The minimum Gasteiger partial charge on any atom is -0.497 e. The minimum atomic E-state index is -0.128. The first-order valence-electron chi connectivity index (χ1n) is 8.87. The first-order chi connectivity index (χ1) is 13.7. The maximum absolute atomic E-state index is 12.4. The van der Waals surface area contributed by atoms with Gasteiger partial charge in [-0.25, -0.2) is 4.98 Å². The Morgan fingerprint density at radius 2 is 2.07 bits per heavy atom. The number of nitrogens with one attached hydrogen (secondary N) is 1. The average molecular weight is 373 g/mol. The van der Waals surface area contributed by atoms with Gasteiger partial charge in [0.25, 0.3) is 0 Å². The Morgan fingerprint density at radius 3 is 2.82 bits per heavy atom. The molecule has 0 aliphatic carbocycles. The lowest BCUT2D eigenvalue weighted by Gasteiger charge is -2.23. The molecule has 6 nitrogen and oxygen atoms in total. The van der Waals surface area contributed by atoms with E-state index in [1.807, 2.05) is 53.1 Å². The fourth-order valence-corrected chi connectivity index (χ4v) is 3.36. The smallest absolute Gasteiger partial charge is 0.226 e. The molecule has 1 aliphatic heterocycles. The predicted molar refractivity (Wildman–Crippen MR) is 106 cm³/mol. The Bertz CT molecular complexity index is 1050. The van der Waals surface area contributed by atoms with Gasteiger partial charge < -0.3 is 14.8 Å². The van der Waals surface area contributed by atoms with Gasteiger partial charge in [-0.15, -0.1) is 6.42 Å². The van der Waals surface area contributed by atoms with Crippen LogP contribution in [0.4, 0.5) is 5.82 Å². The lowest BCUT2D eigenvalue weighted by molar-refractivity contribution is -0.116. The molecule has 6 heteroatoms. The topological polar surface area (TPSA) is 65.4 Å². The van der Waals surface area contributed by atoms with Crippen LogP contribution in [0.3, 0.4) is 0 Å². The van der Waals surface area contributed by atoms with Crippen molar-refractivity contribution in [3.8, 4) is 29.5 Å². The minimum absolute atomic E-state index is 0.0465. The number of hydrogen-bond acceptors (Lipinski definition) is 4. The molecule has 28 heavy (non-hydrogen) atoms. The molecule has 0 unspecified atom stereocenters. The number of nitrogens with zero attached hydrogens (tertiary/aromatic N) is 2. The number of methoxy groups -OCH3 is 1. The van der Waals surface area contributed by atoms with Gasteiger partial charge in [0.05, 0.1) is 18.5 Å². The SMILES string of the molecule is C#CCOc1ccc([C@H]2CC(=O)Nc3c2ncn3-c2cccc(OC)c2)cc1. The summed E-state index contributed by atoms with van der Waals surface area (Å²) in [5.41, 5.74) is 2.70. The number of hydrogen-bond donors (Lipinski definition) is 1. The molecule has 0 spiro atoms. The molecule has 2 heterocycles. The number of anilines is 1. The number of aromatic nitrogens is 2. The van der Waals surface area contributed by atoms with Crippen LogP contribution >= 0.6 is 0 Å². The Balaban J connectivity index is 1.69. The summed E-state index contributed by atoms with van der Waals surface area (Å²) in [6.45, 7) is 0.222. The van der Waals surface area contributed by atoms with E-state index in [1.54, 1.807) is 13.4 Å². The number of imidazole rings is 1. The van der Waals surface area contributed by atoms with Gasteiger partial charge in [-0.2, -0.15) is 0 Å². The number of carbonyl (C=O) groups excluding carboxylic acids is 1. The number of amides is 1. The van der Waals surface area contributed by atoms with Crippen LogP contribution in [0.2, 0.25) is 0 Å². The Labute approximate surface area is 163 Å². The molecule has 4 rings (SSSR count). The number of rotatable bonds is 5. The van der Waals surface area contributed by atoms with Gasteiger partial charge in [-0.05, 0) is 29.8 Å². The lowest BCUT2D eigenvalue weighted by Crippen LogP contribution is -2.24. The van der Waals surface area contributed by atoms with E-state index in [2.05, 4.69) is 16.2 Å². The summed E-state index contributed by atoms with van der Waals surface area (Å²) in [5.74, 6) is 4.39. The zero-order chi connectivity index (χ0) is 19.5. The van der Waals surface area contributed by atoms with E-state index in [-0.39, 0.29) is 18.4 Å². The zero-order valence-corrected chi connectivity index (χ0v) is 15.4. The fourth-order valence-electron chi connectivity index (χ4n) is 3.36. The van der Waals surface area contributed by atoms with Crippen molar-refractivity contribution >= 4 is 11.7 Å². The van der Waals surface area contributed by atoms with E-state index in [9.17, 15) is 4.79 Å². The third-order valence-corrected chi connectivity index (χ3v) is 4.71. The zero-order valence-electron chi connectivity index (χ0n) is 15.4. The van der Waals surface area contributed by atoms with Crippen molar-refractivity contribution in [3.05, 3.63) is 66.1 Å². The van der Waals surface area contributed by atoms with Gasteiger partial charge in [-0.1, -0.05) is 24.1 Å². The van der Waals surface area contributed by atoms with Crippen LogP contribution in [0.5, 0.6) is 11.5 Å². The Hall–Kier alpha value is -3.72. The van der Waals surface area contributed by atoms with Gasteiger partial charge in [0.2, 0.25) is 5.91 Å². The molecule has 1 amide bonds. The van der Waals surface area contributed by atoms with E-state index in [0.717, 1.165) is 22.7 Å². The summed E-state index contributed by atoms with van der Waals surface area (Å²) in [6, 6.07) is 15.2. The maximum atomic E-state index is 12.4. The first kappa shape index (κ1) is 17.7. The van der Waals surface area contributed by atoms with E-state index in [4.69, 9.17) is 15.9 Å². The highest BCUT2D eigenvalue weighted by Gasteiger charge is 2.31. The molecule has 1 atom stereocenters. The second-order valence-electron chi connectivity index (χ2n) is 6.42. The number of terminal acetylenes is 1. The van der Waals surface area contributed by atoms with Gasteiger partial charge in [0.15, 0.2) is 0 Å². The summed E-state index contributed by atoms with van der Waals surface area (Å²) >= 11 is 0. The van der Waals surface area contributed by atoms with E-state index in [0.29, 0.717) is 18.0 Å². The Morgan fingerprint density at radius 1 is 1.25 bits per heavy atom. The van der Waals surface area contributed by atoms with Crippen LogP contribution in [0.15, 0.2) is 54.9 Å². The highest BCUT2D eigenvalue weighted by Crippen LogP contribution is 2.38. The number of benzene rings is 2. The molecule has 0 saturated heterocycles. The van der Waals surface area contributed by atoms with Crippen LogP contribution < -0.4 is 14.8 Å². The highest BCUT2D eigenvalue weighted by molar-refractivity contribution is 5.94. The van der Waals surface area contributed by atoms with Gasteiger partial charge >= 0.3 is 0 Å². The average Bonchev–Trinajstić information content (AvgIpc) is 3.16. The predicted octanol–water partition coefficient (Wildman–Crippen LogP) is 3.37. The summed E-state index contributed by atoms with van der Waals surface area (Å²) < 4.78 is 12.6. The van der Waals surface area contributed by atoms with Crippen molar-refractivity contribution in [2.45, 2.75) is 12.3 Å². The lowest BCUT2D eigenvalue weighted by atomic mass is 9.90.